The third kappa shape index (κ3) is 8.43. The third-order valence-corrected chi connectivity index (χ3v) is 11.0. The van der Waals surface area contributed by atoms with E-state index >= 15 is 0 Å². The van der Waals surface area contributed by atoms with Gasteiger partial charge in [0.2, 0.25) is 0 Å². The summed E-state index contributed by atoms with van der Waals surface area (Å²) in [4.78, 5) is 61.9. The van der Waals surface area contributed by atoms with Crippen molar-refractivity contribution in [2.45, 2.75) is 55.2 Å². The van der Waals surface area contributed by atoms with Crippen LogP contribution in [0.15, 0.2) is 104 Å². The van der Waals surface area contributed by atoms with Crippen LogP contribution in [-0.4, -0.2) is 83.5 Å². The number of hydrogen-bond acceptors (Lipinski definition) is 11. The first-order valence-corrected chi connectivity index (χ1v) is 18.6. The van der Waals surface area contributed by atoms with Gasteiger partial charge in [-0.3, -0.25) is 14.4 Å². The monoisotopic (exact) mass is 810 g/mol. The molecule has 15 nitrogen and oxygen atoms in total. The summed E-state index contributed by atoms with van der Waals surface area (Å²) in [6.07, 6.45) is 3.59. The number of aliphatic carboxylic acids is 2. The number of carboxylic acid groups (broad SMARTS) is 2. The van der Waals surface area contributed by atoms with E-state index in [1.807, 2.05) is 6.07 Å². The summed E-state index contributed by atoms with van der Waals surface area (Å²) in [6.45, 7) is 1.57. The Kier molecular flexibility index (Phi) is 12.0. The van der Waals surface area contributed by atoms with Gasteiger partial charge in [0.1, 0.15) is 10.9 Å². The number of piperazine rings is 1. The molecule has 0 bridgehead atoms. The molecule has 3 aromatic carbocycles. The minimum Gasteiger partial charge on any atom is -0.480 e. The maximum atomic E-state index is 13.1. The number of aliphatic hydroxyl groups is 1. The molecule has 0 spiro atoms. The topological polar surface area (TPSA) is 229 Å². The lowest BCUT2D eigenvalue weighted by molar-refractivity contribution is -0.166. The van der Waals surface area contributed by atoms with Crippen LogP contribution in [0, 0.1) is 5.92 Å². The molecular formula is C36H35BrN4O11S. The number of hydrogen-bond donors (Lipinski definition) is 4. The average molecular weight is 812 g/mol. The Balaban J connectivity index is 0.000000281. The van der Waals surface area contributed by atoms with Crippen molar-refractivity contribution in [2.24, 2.45) is 16.1 Å². The number of halogens is 1. The van der Waals surface area contributed by atoms with Gasteiger partial charge in [-0.15, -0.1) is 5.11 Å². The zero-order valence-electron chi connectivity index (χ0n) is 28.2. The van der Waals surface area contributed by atoms with Crippen LogP contribution in [0.5, 0.6) is 0 Å². The van der Waals surface area contributed by atoms with Gasteiger partial charge in [0, 0.05) is 29.0 Å². The summed E-state index contributed by atoms with van der Waals surface area (Å²) in [7, 11) is -4.71. The second-order valence-electron chi connectivity index (χ2n) is 12.5. The summed E-state index contributed by atoms with van der Waals surface area (Å²) in [5, 5.41) is 39.1. The highest BCUT2D eigenvalue weighted by Crippen LogP contribution is 2.40. The van der Waals surface area contributed by atoms with Gasteiger partial charge in [-0.05, 0) is 67.3 Å². The van der Waals surface area contributed by atoms with Crippen molar-refractivity contribution in [1.82, 2.24) is 10.2 Å². The molecule has 6 rings (SSSR count). The Labute approximate surface area is 312 Å². The summed E-state index contributed by atoms with van der Waals surface area (Å²) < 4.78 is 31.2. The zero-order valence-corrected chi connectivity index (χ0v) is 30.6. The number of rotatable bonds is 9. The first-order valence-electron chi connectivity index (χ1n) is 16.4. The molecule has 2 fully saturated rings. The Morgan fingerprint density at radius 2 is 1.55 bits per heavy atom. The van der Waals surface area contributed by atoms with Gasteiger partial charge >= 0.3 is 28.0 Å². The Bertz CT molecular complexity index is 2070. The van der Waals surface area contributed by atoms with Crippen LogP contribution in [0.2, 0.25) is 0 Å². The number of carboxylic acids is 2. The second-order valence-corrected chi connectivity index (χ2v) is 14.9. The Morgan fingerprint density at radius 1 is 0.925 bits per heavy atom. The molecule has 1 saturated carbocycles. The van der Waals surface area contributed by atoms with Crippen molar-refractivity contribution in [2.75, 3.05) is 13.1 Å². The van der Waals surface area contributed by atoms with E-state index in [1.54, 1.807) is 43.3 Å². The maximum Gasteiger partial charge on any atom is 0.347 e. The lowest BCUT2D eigenvalue weighted by Crippen LogP contribution is -2.65. The van der Waals surface area contributed by atoms with Crippen molar-refractivity contribution >= 4 is 61.3 Å². The fraction of sp³-hybridized carbons (Fsp3) is 0.306. The minimum absolute atomic E-state index is 0.0593. The molecule has 1 aliphatic carbocycles. The van der Waals surface area contributed by atoms with Crippen LogP contribution < -0.4 is 5.32 Å². The third-order valence-electron chi connectivity index (χ3n) is 9.20. The molecule has 17 heteroatoms. The number of nitrogens with one attached hydrogen (secondary N) is 1. The van der Waals surface area contributed by atoms with Gasteiger partial charge in [-0.25, -0.2) is 9.59 Å². The Morgan fingerprint density at radius 3 is 2.09 bits per heavy atom. The highest BCUT2D eigenvalue weighted by atomic mass is 79.9. The van der Waals surface area contributed by atoms with E-state index in [0.717, 1.165) is 42.7 Å². The number of benzene rings is 3. The predicted octanol–water partition coefficient (Wildman–Crippen LogP) is 4.12. The van der Waals surface area contributed by atoms with Crippen molar-refractivity contribution in [3.05, 3.63) is 106 Å². The molecule has 278 valence electrons. The molecule has 53 heavy (non-hydrogen) atoms. The van der Waals surface area contributed by atoms with Crippen LogP contribution in [0.1, 0.15) is 54.1 Å². The number of azo groups is 1. The van der Waals surface area contributed by atoms with E-state index in [4.69, 9.17) is 4.18 Å². The minimum atomic E-state index is -4.71. The van der Waals surface area contributed by atoms with Gasteiger partial charge in [-0.1, -0.05) is 71.2 Å². The summed E-state index contributed by atoms with van der Waals surface area (Å²) in [5.74, 6) is -5.42. The molecule has 3 unspecified atom stereocenters. The molecule has 0 radical (unpaired) electrons. The molecule has 2 heterocycles. The SMILES string of the molecule is CC1=C(c2ccc(S(=O)(=O)OC(=O)C3C(C(=O)O)NCCN3C(=O)c3ccc(Br)cc3)cc2)C(=O)N=N1.O=C(O)C(O)(c1ccccc1)C1CCCC1. The maximum absolute atomic E-state index is 13.1. The zero-order chi connectivity index (χ0) is 38.5. The van der Waals surface area contributed by atoms with E-state index in [2.05, 4.69) is 31.5 Å². The van der Waals surface area contributed by atoms with E-state index in [1.165, 1.54) is 24.3 Å². The molecule has 0 aromatic heterocycles. The molecule has 4 N–H and O–H groups in total. The van der Waals surface area contributed by atoms with Crippen molar-refractivity contribution in [1.29, 1.82) is 0 Å². The van der Waals surface area contributed by atoms with Gasteiger partial charge < -0.3 is 29.7 Å². The van der Waals surface area contributed by atoms with Crippen LogP contribution in [0.4, 0.5) is 0 Å². The molecule has 2 amide bonds. The van der Waals surface area contributed by atoms with Crippen LogP contribution in [-0.2, 0) is 39.1 Å². The average Bonchev–Trinajstić information content (AvgIpc) is 3.81. The lowest BCUT2D eigenvalue weighted by Gasteiger charge is -2.38. The van der Waals surface area contributed by atoms with Gasteiger partial charge in [0.25, 0.3) is 11.8 Å². The standard InChI is InChI=1S/C23H19BrN4O8S.C13H16O3/c1-12-17(20(29)27-26-12)13-4-8-16(9-5-13)37(34,35)36-23(33)19-18(22(31)32)25-10-11-28(19)21(30)14-2-6-15(24)7-3-14;14-12(15)13(16,11-8-4-5-9-11)10-6-2-1-3-7-10/h2-9,18-19,25H,10-11H2,1H3,(H,31,32);1-3,6-7,11,16H,4-5,8-9H2,(H,14,15). The highest BCUT2D eigenvalue weighted by molar-refractivity contribution is 9.10. The molecule has 1 saturated heterocycles. The molecule has 2 aliphatic heterocycles. The van der Waals surface area contributed by atoms with Crippen molar-refractivity contribution < 1.29 is 51.9 Å². The predicted molar refractivity (Wildman–Crippen MR) is 191 cm³/mol. The fourth-order valence-corrected chi connectivity index (χ4v) is 7.66. The largest absolute Gasteiger partial charge is 0.480 e. The molecule has 3 atom stereocenters. The van der Waals surface area contributed by atoms with E-state index in [-0.39, 0.29) is 30.1 Å². The highest BCUT2D eigenvalue weighted by Gasteiger charge is 2.47. The van der Waals surface area contributed by atoms with Crippen LogP contribution >= 0.6 is 15.9 Å². The normalized spacial score (nSPS) is 20.0. The molecular weight excluding hydrogens is 776 g/mol. The summed E-state index contributed by atoms with van der Waals surface area (Å²) in [6, 6.07) is 16.4. The van der Waals surface area contributed by atoms with Crippen LogP contribution in [0.25, 0.3) is 5.57 Å². The van der Waals surface area contributed by atoms with E-state index in [9.17, 15) is 47.7 Å². The quantitative estimate of drug-likeness (QED) is 0.224. The molecule has 3 aromatic rings. The second kappa shape index (κ2) is 16.3. The summed E-state index contributed by atoms with van der Waals surface area (Å²) in [5.41, 5.74) is -0.0961. The van der Waals surface area contributed by atoms with Gasteiger partial charge in [0.15, 0.2) is 11.6 Å². The number of carbonyl (C=O) groups is 5. The number of amides is 2. The van der Waals surface area contributed by atoms with Gasteiger partial charge in [-0.2, -0.15) is 13.5 Å². The number of carbonyl (C=O) groups excluding carboxylic acids is 3. The van der Waals surface area contributed by atoms with Crippen LogP contribution in [0.3, 0.4) is 0 Å². The molecule has 3 aliphatic rings. The Hall–Kier alpha value is -5.10. The first-order chi connectivity index (χ1) is 25.1. The first kappa shape index (κ1) is 39.1. The van der Waals surface area contributed by atoms with E-state index < -0.39 is 62.4 Å². The van der Waals surface area contributed by atoms with Crippen molar-refractivity contribution in [3.8, 4) is 0 Å². The fourth-order valence-electron chi connectivity index (χ4n) is 6.51. The number of allylic oxidation sites excluding steroid dienone is 1. The lowest BCUT2D eigenvalue weighted by atomic mass is 9.80. The smallest absolute Gasteiger partial charge is 0.347 e. The van der Waals surface area contributed by atoms with Gasteiger partial charge in [0.05, 0.1) is 11.3 Å². The van der Waals surface area contributed by atoms with E-state index in [0.29, 0.717) is 21.3 Å². The number of nitrogens with zero attached hydrogens (tertiary/aromatic N) is 3. The van der Waals surface area contributed by atoms with Crippen molar-refractivity contribution in [3.63, 3.8) is 0 Å². The summed E-state index contributed by atoms with van der Waals surface area (Å²) >= 11 is 3.26.